The molecule has 2 aromatic carbocycles. The molecule has 8 heteroatoms. The number of hydrogen-bond donors (Lipinski definition) is 1. The van der Waals surface area contributed by atoms with Gasteiger partial charge in [-0.2, -0.15) is 9.57 Å². The van der Waals surface area contributed by atoms with E-state index in [1.165, 1.54) is 31.3 Å². The van der Waals surface area contributed by atoms with Crippen molar-refractivity contribution in [1.29, 1.82) is 5.26 Å². The van der Waals surface area contributed by atoms with Crippen LogP contribution in [0.4, 0.5) is 0 Å². The van der Waals surface area contributed by atoms with Crippen LogP contribution in [0.3, 0.4) is 0 Å². The van der Waals surface area contributed by atoms with Crippen molar-refractivity contribution in [2.75, 3.05) is 33.2 Å². The summed E-state index contributed by atoms with van der Waals surface area (Å²) in [7, 11) is -2.44. The minimum atomic E-state index is -3.82. The summed E-state index contributed by atoms with van der Waals surface area (Å²) in [6, 6.07) is 17.8. The van der Waals surface area contributed by atoms with Crippen molar-refractivity contribution >= 4 is 15.9 Å². The lowest BCUT2D eigenvalue weighted by Gasteiger charge is -2.37. The Morgan fingerprint density at radius 3 is 2.38 bits per heavy atom. The second-order valence-electron chi connectivity index (χ2n) is 8.35. The zero-order valence-corrected chi connectivity index (χ0v) is 19.4. The highest BCUT2D eigenvalue weighted by atomic mass is 32.2. The van der Waals surface area contributed by atoms with Crippen LogP contribution in [0.5, 0.6) is 0 Å². The Kier molecular flexibility index (Phi) is 8.02. The molecule has 7 nitrogen and oxygen atoms in total. The average Bonchev–Trinajstić information content (AvgIpc) is 2.81. The average molecular weight is 455 g/mol. The van der Waals surface area contributed by atoms with Crippen molar-refractivity contribution in [3.63, 3.8) is 0 Å². The Hall–Kier alpha value is -2.73. The van der Waals surface area contributed by atoms with Gasteiger partial charge in [0.1, 0.15) is 0 Å². The SMILES string of the molecule is CC1CCN(C(CNC(=O)CN(C)S(=O)(=O)c2ccc(C#N)cc2)c2ccccc2)CC1. The fraction of sp³-hybridized carbons (Fsp3) is 0.417. The second-order valence-corrected chi connectivity index (χ2v) is 10.4. The van der Waals surface area contributed by atoms with Crippen molar-refractivity contribution in [3.8, 4) is 6.07 Å². The second kappa shape index (κ2) is 10.7. The number of sulfonamides is 1. The van der Waals surface area contributed by atoms with Gasteiger partial charge < -0.3 is 5.32 Å². The van der Waals surface area contributed by atoms with Gasteiger partial charge in [0.2, 0.25) is 15.9 Å². The molecule has 0 spiro atoms. The summed E-state index contributed by atoms with van der Waals surface area (Å²) in [5.41, 5.74) is 1.52. The smallest absolute Gasteiger partial charge is 0.243 e. The molecule has 1 unspecified atom stereocenters. The molecule has 1 aliphatic rings. The number of nitrogens with zero attached hydrogens (tertiary/aromatic N) is 3. The first-order chi connectivity index (χ1) is 15.3. The molecule has 170 valence electrons. The molecule has 1 N–H and O–H groups in total. The topological polar surface area (TPSA) is 93.5 Å². The highest BCUT2D eigenvalue weighted by Crippen LogP contribution is 2.26. The van der Waals surface area contributed by atoms with Crippen LogP contribution in [-0.2, 0) is 14.8 Å². The Morgan fingerprint density at radius 1 is 1.16 bits per heavy atom. The van der Waals surface area contributed by atoms with E-state index >= 15 is 0 Å². The van der Waals surface area contributed by atoms with E-state index in [4.69, 9.17) is 5.26 Å². The van der Waals surface area contributed by atoms with Crippen molar-refractivity contribution in [1.82, 2.24) is 14.5 Å². The van der Waals surface area contributed by atoms with Crippen molar-refractivity contribution < 1.29 is 13.2 Å². The summed E-state index contributed by atoms with van der Waals surface area (Å²) >= 11 is 0. The van der Waals surface area contributed by atoms with Crippen molar-refractivity contribution in [3.05, 3.63) is 65.7 Å². The van der Waals surface area contributed by atoms with Crippen LogP contribution in [0, 0.1) is 17.2 Å². The molecule has 2 aromatic rings. The Morgan fingerprint density at radius 2 is 1.78 bits per heavy atom. The van der Waals surface area contributed by atoms with Crippen LogP contribution in [-0.4, -0.2) is 56.8 Å². The number of likely N-dealkylation sites (tertiary alicyclic amines) is 1. The van der Waals surface area contributed by atoms with E-state index in [-0.39, 0.29) is 23.4 Å². The van der Waals surface area contributed by atoms with Gasteiger partial charge in [-0.15, -0.1) is 0 Å². The maximum atomic E-state index is 12.8. The number of piperidine rings is 1. The first-order valence-electron chi connectivity index (χ1n) is 10.8. The highest BCUT2D eigenvalue weighted by Gasteiger charge is 2.26. The lowest BCUT2D eigenvalue weighted by Crippen LogP contribution is -2.44. The number of rotatable bonds is 8. The first-order valence-corrected chi connectivity index (χ1v) is 12.3. The summed E-state index contributed by atoms with van der Waals surface area (Å²) in [6.45, 7) is 4.36. The fourth-order valence-corrected chi connectivity index (χ4v) is 5.04. The first kappa shape index (κ1) is 23.9. The van der Waals surface area contributed by atoms with E-state index in [0.29, 0.717) is 18.0 Å². The summed E-state index contributed by atoms with van der Waals surface area (Å²) in [6.07, 6.45) is 2.26. The maximum Gasteiger partial charge on any atom is 0.243 e. The molecule has 3 rings (SSSR count). The largest absolute Gasteiger partial charge is 0.353 e. The number of benzene rings is 2. The molecule has 0 bridgehead atoms. The third kappa shape index (κ3) is 5.94. The molecule has 0 radical (unpaired) electrons. The Bertz CT molecular complexity index is 1040. The van der Waals surface area contributed by atoms with Crippen molar-refractivity contribution in [2.45, 2.75) is 30.7 Å². The number of carbonyl (C=O) groups excluding carboxylic acids is 1. The monoisotopic (exact) mass is 454 g/mol. The van der Waals surface area contributed by atoms with Gasteiger partial charge >= 0.3 is 0 Å². The molecule has 0 saturated carbocycles. The van der Waals surface area contributed by atoms with Gasteiger partial charge in [0.25, 0.3) is 0 Å². The molecule has 0 aromatic heterocycles. The number of nitrogens with one attached hydrogen (secondary N) is 1. The summed E-state index contributed by atoms with van der Waals surface area (Å²) < 4.78 is 26.6. The number of hydrogen-bond acceptors (Lipinski definition) is 5. The molecular formula is C24H30N4O3S. The van der Waals surface area contributed by atoms with E-state index < -0.39 is 10.0 Å². The molecular weight excluding hydrogens is 424 g/mol. The number of likely N-dealkylation sites (N-methyl/N-ethyl adjacent to an activating group) is 1. The van der Waals surface area contributed by atoms with Crippen LogP contribution in [0.2, 0.25) is 0 Å². The minimum Gasteiger partial charge on any atom is -0.353 e. The molecule has 1 atom stereocenters. The highest BCUT2D eigenvalue weighted by molar-refractivity contribution is 7.89. The van der Waals surface area contributed by atoms with E-state index in [1.54, 1.807) is 0 Å². The maximum absolute atomic E-state index is 12.8. The molecule has 1 aliphatic heterocycles. The normalized spacial score (nSPS) is 16.4. The zero-order valence-electron chi connectivity index (χ0n) is 18.6. The third-order valence-electron chi connectivity index (χ3n) is 5.99. The molecule has 0 aliphatic carbocycles. The van der Waals surface area contributed by atoms with Crippen molar-refractivity contribution in [2.24, 2.45) is 5.92 Å². The van der Waals surface area contributed by atoms with Gasteiger partial charge in [0, 0.05) is 13.6 Å². The quantitative estimate of drug-likeness (QED) is 0.662. The number of amides is 1. The third-order valence-corrected chi connectivity index (χ3v) is 7.81. The predicted octanol–water partition coefficient (Wildman–Crippen LogP) is 2.77. The van der Waals surface area contributed by atoms with Crippen LogP contribution < -0.4 is 5.32 Å². The van der Waals surface area contributed by atoms with E-state index in [0.717, 1.165) is 35.8 Å². The predicted molar refractivity (Wildman–Crippen MR) is 123 cm³/mol. The molecule has 32 heavy (non-hydrogen) atoms. The summed E-state index contributed by atoms with van der Waals surface area (Å²) in [5, 5.41) is 11.8. The van der Waals surface area contributed by atoms with Crippen LogP contribution in [0.15, 0.2) is 59.5 Å². The van der Waals surface area contributed by atoms with E-state index in [9.17, 15) is 13.2 Å². The summed E-state index contributed by atoms with van der Waals surface area (Å²) in [4.78, 5) is 15.1. The summed E-state index contributed by atoms with van der Waals surface area (Å²) in [5.74, 6) is 0.356. The van der Waals surface area contributed by atoms with Gasteiger partial charge in [-0.3, -0.25) is 9.69 Å². The molecule has 1 heterocycles. The van der Waals surface area contributed by atoms with Crippen LogP contribution in [0.25, 0.3) is 0 Å². The number of nitriles is 1. The minimum absolute atomic E-state index is 0.0492. The fourth-order valence-electron chi connectivity index (χ4n) is 3.91. The molecule has 1 saturated heterocycles. The van der Waals surface area contributed by atoms with Crippen LogP contribution in [0.1, 0.15) is 36.9 Å². The zero-order chi connectivity index (χ0) is 23.1. The van der Waals surface area contributed by atoms with Gasteiger partial charge in [-0.1, -0.05) is 37.3 Å². The van der Waals surface area contributed by atoms with Gasteiger partial charge in [0.15, 0.2) is 0 Å². The number of carbonyl (C=O) groups is 1. The van der Waals surface area contributed by atoms with Gasteiger partial charge in [-0.05, 0) is 61.7 Å². The molecule has 1 fully saturated rings. The van der Waals surface area contributed by atoms with Gasteiger partial charge in [-0.25, -0.2) is 8.42 Å². The Balaban J connectivity index is 1.63. The van der Waals surface area contributed by atoms with E-state index in [1.807, 2.05) is 24.3 Å². The Labute approximate surface area is 190 Å². The standard InChI is InChI=1S/C24H30N4O3S/c1-19-12-14-28(15-13-19)23(21-6-4-3-5-7-21)17-26-24(29)18-27(2)32(30,31)22-10-8-20(16-25)9-11-22/h3-11,19,23H,12-15,17-18H2,1-2H3,(H,26,29). The molecule has 1 amide bonds. The van der Waals surface area contributed by atoms with E-state index in [2.05, 4.69) is 29.3 Å². The van der Waals surface area contributed by atoms with Crippen LogP contribution >= 0.6 is 0 Å². The lowest BCUT2D eigenvalue weighted by molar-refractivity contribution is -0.121. The lowest BCUT2D eigenvalue weighted by atomic mass is 9.95. The van der Waals surface area contributed by atoms with Gasteiger partial charge in [0.05, 0.1) is 29.1 Å².